The molecule has 124 valence electrons. The van der Waals surface area contributed by atoms with Crippen molar-refractivity contribution in [2.45, 2.75) is 19.9 Å². The molecule has 0 saturated heterocycles. The third kappa shape index (κ3) is 3.91. The highest BCUT2D eigenvalue weighted by Crippen LogP contribution is 2.29. The normalized spacial score (nSPS) is 10.4. The maximum absolute atomic E-state index is 10.9. The molecule has 0 radical (unpaired) electrons. The van der Waals surface area contributed by atoms with Crippen LogP contribution in [0.3, 0.4) is 0 Å². The van der Waals surface area contributed by atoms with Gasteiger partial charge in [0.2, 0.25) is 12.1 Å². The van der Waals surface area contributed by atoms with Crippen molar-refractivity contribution in [3.8, 4) is 11.5 Å². The van der Waals surface area contributed by atoms with Crippen molar-refractivity contribution in [3.63, 3.8) is 0 Å². The summed E-state index contributed by atoms with van der Waals surface area (Å²) in [7, 11) is 3.28. The summed E-state index contributed by atoms with van der Waals surface area (Å²) in [5.41, 5.74) is 0.918. The minimum absolute atomic E-state index is 0.192. The summed E-state index contributed by atoms with van der Waals surface area (Å²) in [4.78, 5) is 14.2. The third-order valence-corrected chi connectivity index (χ3v) is 3.24. The molecule has 0 fully saturated rings. The van der Waals surface area contributed by atoms with Gasteiger partial charge >= 0.3 is 5.82 Å². The van der Waals surface area contributed by atoms with Gasteiger partial charge in [0, 0.05) is 13.6 Å². The van der Waals surface area contributed by atoms with E-state index in [1.54, 1.807) is 18.7 Å². The lowest BCUT2D eigenvalue weighted by atomic mass is 10.2. The number of nitrogens with zero attached hydrogens (tertiary/aromatic N) is 3. The molecule has 0 atom stereocenters. The number of nitro groups is 1. The summed E-state index contributed by atoms with van der Waals surface area (Å²) < 4.78 is 12.5. The molecule has 0 saturated carbocycles. The summed E-state index contributed by atoms with van der Waals surface area (Å²) >= 11 is 0. The standard InChI is InChI=1S/C15H20N4O4/c1-4-7-23-12-6-5-11(8-13(12)22-3)9-16-14-15(19(20)21)17-10-18(14)2/h5-6,8,10,16H,4,7,9H2,1-3H3. The predicted octanol–water partition coefficient (Wildman–Crippen LogP) is 2.74. The van der Waals surface area contributed by atoms with Crippen molar-refractivity contribution < 1.29 is 14.4 Å². The number of rotatable bonds is 8. The molecule has 0 spiro atoms. The molecule has 0 unspecified atom stereocenters. The van der Waals surface area contributed by atoms with Crippen molar-refractivity contribution in [1.29, 1.82) is 0 Å². The van der Waals surface area contributed by atoms with Crippen LogP contribution in [0.1, 0.15) is 18.9 Å². The highest BCUT2D eigenvalue weighted by molar-refractivity contribution is 5.53. The van der Waals surface area contributed by atoms with E-state index in [0.717, 1.165) is 12.0 Å². The van der Waals surface area contributed by atoms with Gasteiger partial charge in [0.15, 0.2) is 11.5 Å². The van der Waals surface area contributed by atoms with Gasteiger partial charge in [0.05, 0.1) is 13.7 Å². The van der Waals surface area contributed by atoms with Crippen LogP contribution in [-0.4, -0.2) is 28.2 Å². The second-order valence-corrected chi connectivity index (χ2v) is 4.97. The zero-order chi connectivity index (χ0) is 16.8. The van der Waals surface area contributed by atoms with E-state index in [1.807, 2.05) is 25.1 Å². The first-order valence-corrected chi connectivity index (χ1v) is 7.26. The highest BCUT2D eigenvalue weighted by atomic mass is 16.6. The van der Waals surface area contributed by atoms with E-state index >= 15 is 0 Å². The van der Waals surface area contributed by atoms with E-state index in [9.17, 15) is 10.1 Å². The molecule has 1 aromatic heterocycles. The van der Waals surface area contributed by atoms with Gasteiger partial charge in [-0.25, -0.2) is 0 Å². The Balaban J connectivity index is 2.12. The van der Waals surface area contributed by atoms with Gasteiger partial charge in [-0.05, 0) is 34.0 Å². The predicted molar refractivity (Wildman–Crippen MR) is 86.0 cm³/mol. The first-order chi connectivity index (χ1) is 11.1. The number of ether oxygens (including phenoxy) is 2. The van der Waals surface area contributed by atoms with E-state index in [2.05, 4.69) is 10.3 Å². The average Bonchev–Trinajstić information content (AvgIpc) is 2.92. The van der Waals surface area contributed by atoms with Crippen molar-refractivity contribution in [1.82, 2.24) is 9.55 Å². The van der Waals surface area contributed by atoms with Gasteiger partial charge in [0.1, 0.15) is 0 Å². The lowest BCUT2D eigenvalue weighted by molar-refractivity contribution is -0.388. The zero-order valence-corrected chi connectivity index (χ0v) is 13.4. The molecule has 0 amide bonds. The number of nitrogens with one attached hydrogen (secondary N) is 1. The fraction of sp³-hybridized carbons (Fsp3) is 0.400. The van der Waals surface area contributed by atoms with E-state index in [4.69, 9.17) is 9.47 Å². The minimum Gasteiger partial charge on any atom is -0.493 e. The summed E-state index contributed by atoms with van der Waals surface area (Å²) in [6.45, 7) is 3.06. The van der Waals surface area contributed by atoms with E-state index in [-0.39, 0.29) is 5.82 Å². The van der Waals surface area contributed by atoms with Crippen molar-refractivity contribution in [2.24, 2.45) is 7.05 Å². The number of aryl methyl sites for hydroxylation is 1. The van der Waals surface area contributed by atoms with Gasteiger partial charge in [-0.1, -0.05) is 13.0 Å². The SMILES string of the molecule is CCCOc1ccc(CNc2c([N+](=O)[O-])ncn2C)cc1OC. The number of anilines is 1. The maximum atomic E-state index is 10.9. The smallest absolute Gasteiger partial charge is 0.406 e. The molecular formula is C15H20N4O4. The molecular weight excluding hydrogens is 300 g/mol. The van der Waals surface area contributed by atoms with Crippen LogP contribution >= 0.6 is 0 Å². The molecule has 0 aliphatic rings. The largest absolute Gasteiger partial charge is 0.493 e. The molecule has 2 rings (SSSR count). The second kappa shape index (κ2) is 7.48. The van der Waals surface area contributed by atoms with Crippen LogP contribution in [-0.2, 0) is 13.6 Å². The van der Waals surface area contributed by atoms with Gasteiger partial charge < -0.3 is 24.9 Å². The summed E-state index contributed by atoms with van der Waals surface area (Å²) in [6.07, 6.45) is 2.32. The monoisotopic (exact) mass is 320 g/mol. The lowest BCUT2D eigenvalue weighted by Gasteiger charge is -2.12. The quantitative estimate of drug-likeness (QED) is 0.594. The van der Waals surface area contributed by atoms with Crippen LogP contribution in [0.25, 0.3) is 0 Å². The van der Waals surface area contributed by atoms with Gasteiger partial charge in [-0.3, -0.25) is 4.57 Å². The fourth-order valence-corrected chi connectivity index (χ4v) is 2.09. The number of imidazole rings is 1. The Morgan fingerprint density at radius 3 is 2.83 bits per heavy atom. The Morgan fingerprint density at radius 2 is 2.17 bits per heavy atom. The minimum atomic E-state index is -0.509. The fourth-order valence-electron chi connectivity index (χ4n) is 2.09. The molecule has 0 aliphatic carbocycles. The molecule has 1 heterocycles. The van der Waals surface area contributed by atoms with E-state index in [0.29, 0.717) is 30.5 Å². The van der Waals surface area contributed by atoms with Gasteiger partial charge in [0.25, 0.3) is 0 Å². The lowest BCUT2D eigenvalue weighted by Crippen LogP contribution is -2.06. The van der Waals surface area contributed by atoms with Crippen molar-refractivity contribution in [2.75, 3.05) is 19.0 Å². The number of hydrogen-bond donors (Lipinski definition) is 1. The van der Waals surface area contributed by atoms with Gasteiger partial charge in [-0.2, -0.15) is 0 Å². The number of benzene rings is 1. The molecule has 0 aliphatic heterocycles. The molecule has 1 aromatic carbocycles. The Hall–Kier alpha value is -2.77. The van der Waals surface area contributed by atoms with Crippen LogP contribution in [0.15, 0.2) is 24.5 Å². The molecule has 1 N–H and O–H groups in total. The third-order valence-electron chi connectivity index (χ3n) is 3.24. The molecule has 8 heteroatoms. The van der Waals surface area contributed by atoms with Crippen molar-refractivity contribution in [3.05, 3.63) is 40.2 Å². The van der Waals surface area contributed by atoms with Crippen LogP contribution in [0.4, 0.5) is 11.6 Å². The second-order valence-electron chi connectivity index (χ2n) is 4.97. The topological polar surface area (TPSA) is 91.5 Å². The Kier molecular flexibility index (Phi) is 5.40. The van der Waals surface area contributed by atoms with E-state index < -0.39 is 4.92 Å². The Morgan fingerprint density at radius 1 is 1.39 bits per heavy atom. The summed E-state index contributed by atoms with van der Waals surface area (Å²) in [5.74, 6) is 1.49. The average molecular weight is 320 g/mol. The first-order valence-electron chi connectivity index (χ1n) is 7.26. The number of hydrogen-bond acceptors (Lipinski definition) is 6. The van der Waals surface area contributed by atoms with Crippen LogP contribution < -0.4 is 14.8 Å². The first kappa shape index (κ1) is 16.6. The molecule has 23 heavy (non-hydrogen) atoms. The number of methoxy groups -OCH3 is 1. The van der Waals surface area contributed by atoms with Gasteiger partial charge in [-0.15, -0.1) is 0 Å². The molecule has 8 nitrogen and oxygen atoms in total. The van der Waals surface area contributed by atoms with Crippen LogP contribution in [0.5, 0.6) is 11.5 Å². The zero-order valence-electron chi connectivity index (χ0n) is 13.4. The summed E-state index contributed by atoms with van der Waals surface area (Å²) in [5, 5.41) is 14.0. The van der Waals surface area contributed by atoms with Crippen LogP contribution in [0.2, 0.25) is 0 Å². The number of aromatic nitrogens is 2. The highest BCUT2D eigenvalue weighted by Gasteiger charge is 2.19. The molecule has 0 bridgehead atoms. The Labute approximate surface area is 134 Å². The van der Waals surface area contributed by atoms with Crippen molar-refractivity contribution >= 4 is 11.6 Å². The summed E-state index contributed by atoms with van der Waals surface area (Å²) in [6, 6.07) is 5.58. The maximum Gasteiger partial charge on any atom is 0.406 e. The van der Waals surface area contributed by atoms with Crippen LogP contribution in [0, 0.1) is 10.1 Å². The van der Waals surface area contributed by atoms with E-state index in [1.165, 1.54) is 6.33 Å². The Bertz CT molecular complexity index is 684. The molecule has 2 aromatic rings.